The van der Waals surface area contributed by atoms with Gasteiger partial charge < -0.3 is 79.0 Å². The number of ether oxygens (including phenoxy) is 5. The molecular formula is C51H72N6O19P2. The first kappa shape index (κ1) is 61.5. The quantitative estimate of drug-likeness (QED) is 0.0932. The fourth-order valence-corrected chi connectivity index (χ4v) is 12.6. The maximum absolute atomic E-state index is 14.9. The van der Waals surface area contributed by atoms with Crippen molar-refractivity contribution in [3.8, 4) is 17.2 Å². The van der Waals surface area contributed by atoms with Crippen molar-refractivity contribution in [1.82, 2.24) is 15.1 Å². The Balaban J connectivity index is 1.47. The number of carbonyl (C=O) groups excluding carboxylic acids is 5. The number of esters is 2. The molecule has 4 bridgehead atoms. The van der Waals surface area contributed by atoms with Crippen LogP contribution in [0.1, 0.15) is 91.1 Å². The molecule has 2 aromatic rings. The highest BCUT2D eigenvalue weighted by Crippen LogP contribution is 2.58. The van der Waals surface area contributed by atoms with E-state index in [1.807, 2.05) is 0 Å². The Hall–Kier alpha value is -5.75. The van der Waals surface area contributed by atoms with Crippen molar-refractivity contribution < 1.29 is 91.7 Å². The summed E-state index contributed by atoms with van der Waals surface area (Å²) in [7, 11) is -8.86. The summed E-state index contributed by atoms with van der Waals surface area (Å²) in [4.78, 5) is 120. The number of ketones is 1. The normalized spacial score (nSPS) is 28.4. The molecule has 78 heavy (non-hydrogen) atoms. The van der Waals surface area contributed by atoms with E-state index >= 15 is 0 Å². The summed E-state index contributed by atoms with van der Waals surface area (Å²) >= 11 is 0. The van der Waals surface area contributed by atoms with E-state index in [-0.39, 0.29) is 49.6 Å². The lowest BCUT2D eigenvalue weighted by molar-refractivity contribution is -0.165. The van der Waals surface area contributed by atoms with Gasteiger partial charge in [0.05, 0.1) is 34.8 Å². The van der Waals surface area contributed by atoms with Gasteiger partial charge in [0, 0.05) is 101 Å². The number of carbonyl (C=O) groups is 5. The van der Waals surface area contributed by atoms with Gasteiger partial charge in [0.2, 0.25) is 5.52 Å². The van der Waals surface area contributed by atoms with Crippen LogP contribution in [0, 0.1) is 36.5 Å². The number of aliphatic hydroxyl groups excluding tert-OH is 1. The number of Topliss-reactive ketones (excluding diaryl/α,β-unsaturated/α-hetero) is 1. The van der Waals surface area contributed by atoms with E-state index < -0.39 is 128 Å². The van der Waals surface area contributed by atoms with Crippen molar-refractivity contribution in [2.75, 3.05) is 45.7 Å². The molecule has 430 valence electrons. The molecule has 1 fully saturated rings. The Labute approximate surface area is 450 Å². The SMILES string of the molecule is CO[C@H]1/C=C/O[C@@]2(C)Oc3c(C)c(O)c4c(O)c(c5c(c4c3C2=O)=NC2(CCN(CC(C)C)CC2)N=5)NC(=O)/C(C)=C\C=C\[C@H](C)[C@H](OC(=O)CN(C)C(=O)NC(P(=O)(O)O)P(=O)(O)O)[C@@H](C)[C@@H](O)[C@@H](C)[C@H](OC(C)=O)[C@@H]1C. The molecule has 9 N–H and O–H groups in total. The van der Waals surface area contributed by atoms with Gasteiger partial charge in [-0.3, -0.25) is 38.3 Å². The first-order valence-corrected chi connectivity index (χ1v) is 28.7. The van der Waals surface area contributed by atoms with E-state index in [9.17, 15) is 68.0 Å². The maximum atomic E-state index is 14.9. The minimum atomic E-state index is -5.61. The second-order valence-corrected chi connectivity index (χ2v) is 25.1. The number of allylic oxidation sites excluding steroid dienone is 2. The van der Waals surface area contributed by atoms with Gasteiger partial charge >= 0.3 is 38.9 Å². The van der Waals surface area contributed by atoms with Crippen LogP contribution in [0.2, 0.25) is 0 Å². The molecule has 4 heterocycles. The molecule has 27 heteroatoms. The number of aliphatic hydroxyl groups is 1. The van der Waals surface area contributed by atoms with Crippen LogP contribution in [0.4, 0.5) is 10.5 Å². The predicted octanol–water partition coefficient (Wildman–Crippen LogP) is 3.58. The lowest BCUT2D eigenvalue weighted by Crippen LogP contribution is -2.48. The molecule has 4 aliphatic heterocycles. The number of nitrogens with zero attached hydrogens (tertiary/aromatic N) is 4. The topological polar surface area (TPSA) is 363 Å². The van der Waals surface area contributed by atoms with Gasteiger partial charge in [-0.15, -0.1) is 0 Å². The number of anilines is 1. The number of benzene rings is 2. The first-order chi connectivity index (χ1) is 36.2. The number of hydrogen-bond acceptors (Lipinski definition) is 18. The number of phenolic OH excluding ortho intramolecular Hbond substituents is 2. The third kappa shape index (κ3) is 12.8. The van der Waals surface area contributed by atoms with Crippen LogP contribution in [0.5, 0.6) is 17.2 Å². The van der Waals surface area contributed by atoms with Crippen molar-refractivity contribution in [1.29, 1.82) is 0 Å². The number of amides is 3. The van der Waals surface area contributed by atoms with E-state index in [1.54, 1.807) is 32.2 Å². The molecule has 3 amide bonds. The summed E-state index contributed by atoms with van der Waals surface area (Å²) in [5.41, 5.74) is -4.06. The Bertz CT molecular complexity index is 3020. The summed E-state index contributed by atoms with van der Waals surface area (Å²) in [6, 6.07) is -1.45. The van der Waals surface area contributed by atoms with E-state index in [0.717, 1.165) is 13.6 Å². The van der Waals surface area contributed by atoms with Crippen LogP contribution in [-0.4, -0.2) is 156 Å². The number of piperidine rings is 1. The van der Waals surface area contributed by atoms with Crippen molar-refractivity contribution in [2.45, 2.75) is 123 Å². The molecular weight excluding hydrogens is 1060 g/mol. The summed E-state index contributed by atoms with van der Waals surface area (Å²) in [6.07, 6.45) is 3.14. The van der Waals surface area contributed by atoms with Gasteiger partial charge in [0.1, 0.15) is 41.3 Å². The third-order valence-corrected chi connectivity index (χ3v) is 18.1. The minimum absolute atomic E-state index is 0.0352. The summed E-state index contributed by atoms with van der Waals surface area (Å²) in [5, 5.41) is 40.8. The van der Waals surface area contributed by atoms with Gasteiger partial charge in [-0.25, -0.2) is 4.79 Å². The number of rotatable bonds is 10. The molecule has 4 aliphatic rings. The zero-order valence-corrected chi connectivity index (χ0v) is 47.4. The maximum Gasteiger partial charge on any atom is 0.360 e. The predicted molar refractivity (Wildman–Crippen MR) is 281 cm³/mol. The van der Waals surface area contributed by atoms with E-state index in [4.69, 9.17) is 33.7 Å². The molecule has 1 saturated heterocycles. The monoisotopic (exact) mass is 1130 g/mol. The fourth-order valence-electron chi connectivity index (χ4n) is 10.4. The Kier molecular flexibility index (Phi) is 18.5. The molecule has 6 rings (SSSR count). The van der Waals surface area contributed by atoms with Crippen molar-refractivity contribution >= 4 is 61.3 Å². The van der Waals surface area contributed by atoms with Crippen molar-refractivity contribution in [3.05, 3.63) is 58.0 Å². The number of phenols is 2. The molecule has 9 atom stereocenters. The number of likely N-dealkylation sites (tertiary alicyclic amines) is 1. The van der Waals surface area contributed by atoms with Crippen LogP contribution >= 0.6 is 15.2 Å². The van der Waals surface area contributed by atoms with Crippen LogP contribution in [0.15, 0.2) is 46.1 Å². The Morgan fingerprint density at radius 1 is 0.923 bits per heavy atom. The second kappa shape index (κ2) is 23.5. The zero-order valence-electron chi connectivity index (χ0n) is 45.6. The summed E-state index contributed by atoms with van der Waals surface area (Å²) in [6.45, 7) is 17.3. The lowest BCUT2D eigenvalue weighted by Gasteiger charge is -2.39. The molecule has 0 unspecified atom stereocenters. The number of urea groups is 1. The van der Waals surface area contributed by atoms with Crippen LogP contribution in [0.25, 0.3) is 10.8 Å². The molecule has 0 aliphatic carbocycles. The second-order valence-electron chi connectivity index (χ2n) is 21.3. The standard InChI is InChI=1S/C51H72N6O19P2/c1-24(2)22-57-19-17-51(18-20-57)54-37-34-35-41(61)30(8)45-36(34)46(63)50(10,76-45)73-21-16-32(72-12)27(5)44(74-31(9)58)29(7)40(60)28(6)43(25(3)14-13-15-26(4)47(64)52-39(42(35)62)38(37)55-51)75-33(59)23-56(11)48(65)53-49(77(66,67)68)78(69,70)71/h13-16,21,24-25,27-29,32,40,43-44,49,60-62H,17-20,22-23H2,1-12H3,(H,52,64)(H,53,65)(H2,66,67,68)(H2,69,70,71)/b14-13+,21-16+,26-15-/t25-,27+,28-,29+,32-,40+,43-,44+,50-/m0/s1. The molecule has 0 aromatic heterocycles. The minimum Gasteiger partial charge on any atom is -0.507 e. The van der Waals surface area contributed by atoms with Gasteiger partial charge in [0.25, 0.3) is 11.7 Å². The lowest BCUT2D eigenvalue weighted by atomic mass is 9.78. The Morgan fingerprint density at radius 3 is 2.10 bits per heavy atom. The van der Waals surface area contributed by atoms with E-state index in [0.29, 0.717) is 36.7 Å². The fraction of sp³-hybridized carbons (Fsp3) is 0.588. The van der Waals surface area contributed by atoms with Gasteiger partial charge in [0.15, 0.2) is 11.4 Å². The number of nitrogens with one attached hydrogen (secondary N) is 2. The van der Waals surface area contributed by atoms with Gasteiger partial charge in [-0.2, -0.15) is 0 Å². The largest absolute Gasteiger partial charge is 0.507 e. The van der Waals surface area contributed by atoms with Crippen LogP contribution in [-0.2, 0) is 42.5 Å². The van der Waals surface area contributed by atoms with Crippen molar-refractivity contribution in [2.24, 2.45) is 39.6 Å². The highest BCUT2D eigenvalue weighted by Gasteiger charge is 2.51. The molecule has 0 saturated carbocycles. The van der Waals surface area contributed by atoms with Gasteiger partial charge in [-0.05, 0) is 25.8 Å². The summed E-state index contributed by atoms with van der Waals surface area (Å²) in [5.74, 6) is -9.66. The molecule has 2 aromatic carbocycles. The smallest absolute Gasteiger partial charge is 0.360 e. The number of likely N-dealkylation sites (N-methyl/N-ethyl adjacent to an activating group) is 1. The summed E-state index contributed by atoms with van der Waals surface area (Å²) < 4.78 is 53.7. The number of fused-ring (bicyclic) bond motifs is 1. The van der Waals surface area contributed by atoms with E-state index in [1.165, 1.54) is 66.2 Å². The van der Waals surface area contributed by atoms with Crippen LogP contribution < -0.4 is 26.1 Å². The first-order valence-electron chi connectivity index (χ1n) is 25.4. The zero-order chi connectivity index (χ0) is 58.3. The molecule has 1 spiro atoms. The Morgan fingerprint density at radius 2 is 1.53 bits per heavy atom. The molecule has 0 radical (unpaired) electrons. The van der Waals surface area contributed by atoms with E-state index in [2.05, 4.69) is 24.1 Å². The van der Waals surface area contributed by atoms with Gasteiger partial charge in [-0.1, -0.05) is 59.8 Å². The highest BCUT2D eigenvalue weighted by molar-refractivity contribution is 7.70. The number of methoxy groups -OCH3 is 1. The highest BCUT2D eigenvalue weighted by atomic mass is 31.2. The average molecular weight is 1140 g/mol. The van der Waals surface area contributed by atoms with Crippen molar-refractivity contribution in [3.63, 3.8) is 0 Å². The number of hydrogen-bond donors (Lipinski definition) is 9. The van der Waals surface area contributed by atoms with Crippen LogP contribution in [0.3, 0.4) is 0 Å². The average Bonchev–Trinajstić information content (AvgIpc) is 4.10. The third-order valence-electron chi connectivity index (χ3n) is 14.7. The molecule has 25 nitrogen and oxygen atoms in total. The number of aromatic hydroxyl groups is 2.